The summed E-state index contributed by atoms with van der Waals surface area (Å²) in [4.78, 5) is 36.1. The average molecular weight is 298 g/mol. The first-order chi connectivity index (χ1) is 10.0. The Labute approximate surface area is 121 Å². The van der Waals surface area contributed by atoms with Crippen molar-refractivity contribution < 1.29 is 29.0 Å². The van der Waals surface area contributed by atoms with Crippen LogP contribution in [-0.2, 0) is 19.1 Å². The number of carboxylic acids is 1. The van der Waals surface area contributed by atoms with Gasteiger partial charge in [-0.1, -0.05) is 12.2 Å². The van der Waals surface area contributed by atoms with E-state index in [4.69, 9.17) is 9.84 Å². The van der Waals surface area contributed by atoms with Gasteiger partial charge in [-0.3, -0.25) is 4.79 Å². The molecule has 0 aromatic carbocycles. The predicted octanol–water partition coefficient (Wildman–Crippen LogP) is -0.401. The largest absolute Gasteiger partial charge is 0.481 e. The van der Waals surface area contributed by atoms with E-state index in [9.17, 15) is 14.4 Å². The minimum Gasteiger partial charge on any atom is -0.481 e. The van der Waals surface area contributed by atoms with Gasteiger partial charge in [0.25, 0.3) is 0 Å². The number of carbonyl (C=O) groups excluding carboxylic acids is 2. The number of carboxylic acid groups (broad SMARTS) is 1. The summed E-state index contributed by atoms with van der Waals surface area (Å²) in [5, 5.41) is 11.6. The molecule has 1 fully saturated rings. The number of ether oxygens (including phenoxy) is 2. The van der Waals surface area contributed by atoms with Gasteiger partial charge >= 0.3 is 18.0 Å². The topological polar surface area (TPSA) is 105 Å². The SMILES string of the molecule is COC(=O)C1COCCN1C(=O)NC1C=CC(C(=O)O)C1. The normalized spacial score (nSPS) is 28.2. The van der Waals surface area contributed by atoms with Crippen LogP contribution in [-0.4, -0.2) is 66.9 Å². The molecule has 3 atom stereocenters. The summed E-state index contributed by atoms with van der Waals surface area (Å²) in [7, 11) is 1.25. The number of esters is 1. The van der Waals surface area contributed by atoms with Crippen LogP contribution in [0.15, 0.2) is 12.2 Å². The fraction of sp³-hybridized carbons (Fsp3) is 0.615. The summed E-state index contributed by atoms with van der Waals surface area (Å²) in [6.45, 7) is 0.724. The van der Waals surface area contributed by atoms with Gasteiger partial charge in [-0.15, -0.1) is 0 Å². The lowest BCUT2D eigenvalue weighted by molar-refractivity contribution is -0.151. The number of methoxy groups -OCH3 is 1. The molecule has 0 bridgehead atoms. The molecule has 1 heterocycles. The van der Waals surface area contributed by atoms with E-state index in [1.165, 1.54) is 12.0 Å². The highest BCUT2D eigenvalue weighted by molar-refractivity contribution is 5.84. The van der Waals surface area contributed by atoms with Gasteiger partial charge in [-0.05, 0) is 6.42 Å². The second kappa shape index (κ2) is 6.57. The van der Waals surface area contributed by atoms with Crippen LogP contribution in [0.3, 0.4) is 0 Å². The van der Waals surface area contributed by atoms with Crippen LogP contribution in [0.5, 0.6) is 0 Å². The molecule has 1 saturated heterocycles. The number of hydrogen-bond acceptors (Lipinski definition) is 5. The van der Waals surface area contributed by atoms with Crippen molar-refractivity contribution in [2.24, 2.45) is 5.92 Å². The van der Waals surface area contributed by atoms with Crippen molar-refractivity contribution in [2.75, 3.05) is 26.9 Å². The van der Waals surface area contributed by atoms with E-state index in [0.717, 1.165) is 0 Å². The molecule has 0 aromatic rings. The molecule has 1 aliphatic heterocycles. The van der Waals surface area contributed by atoms with Crippen LogP contribution in [0, 0.1) is 5.92 Å². The number of aliphatic carboxylic acids is 1. The average Bonchev–Trinajstić information content (AvgIpc) is 2.95. The highest BCUT2D eigenvalue weighted by atomic mass is 16.5. The van der Waals surface area contributed by atoms with E-state index < -0.39 is 29.9 Å². The van der Waals surface area contributed by atoms with Gasteiger partial charge in [-0.25, -0.2) is 9.59 Å². The van der Waals surface area contributed by atoms with Crippen LogP contribution in [0.1, 0.15) is 6.42 Å². The highest BCUT2D eigenvalue weighted by Gasteiger charge is 2.35. The minimum atomic E-state index is -0.915. The molecule has 0 spiro atoms. The molecular formula is C13H18N2O6. The Balaban J connectivity index is 1.94. The zero-order chi connectivity index (χ0) is 15.4. The van der Waals surface area contributed by atoms with E-state index in [2.05, 4.69) is 10.1 Å². The van der Waals surface area contributed by atoms with Crippen LogP contribution in [0.25, 0.3) is 0 Å². The van der Waals surface area contributed by atoms with E-state index in [0.29, 0.717) is 13.0 Å². The molecule has 0 saturated carbocycles. The smallest absolute Gasteiger partial charge is 0.331 e. The van der Waals surface area contributed by atoms with Gasteiger partial charge in [-0.2, -0.15) is 0 Å². The van der Waals surface area contributed by atoms with Crippen molar-refractivity contribution in [3.05, 3.63) is 12.2 Å². The molecule has 2 aliphatic rings. The maximum Gasteiger partial charge on any atom is 0.331 e. The maximum absolute atomic E-state index is 12.2. The molecule has 2 amide bonds. The Kier molecular flexibility index (Phi) is 4.79. The molecule has 21 heavy (non-hydrogen) atoms. The van der Waals surface area contributed by atoms with E-state index in [1.807, 2.05) is 0 Å². The summed E-state index contributed by atoms with van der Waals surface area (Å²) >= 11 is 0. The first-order valence-electron chi connectivity index (χ1n) is 6.66. The number of carbonyl (C=O) groups is 3. The van der Waals surface area contributed by atoms with Gasteiger partial charge in [0.2, 0.25) is 0 Å². The molecule has 1 aliphatic carbocycles. The summed E-state index contributed by atoms with van der Waals surface area (Å²) in [6, 6.07) is -1.54. The lowest BCUT2D eigenvalue weighted by atomic mass is 10.1. The second-order valence-corrected chi connectivity index (χ2v) is 4.93. The molecule has 8 heteroatoms. The third kappa shape index (κ3) is 3.52. The van der Waals surface area contributed by atoms with Gasteiger partial charge in [0.1, 0.15) is 0 Å². The predicted molar refractivity (Wildman–Crippen MR) is 70.5 cm³/mol. The van der Waals surface area contributed by atoms with Crippen molar-refractivity contribution in [1.29, 1.82) is 0 Å². The number of urea groups is 1. The Bertz CT molecular complexity index is 464. The molecule has 2 N–H and O–H groups in total. The summed E-state index contributed by atoms with van der Waals surface area (Å²) < 4.78 is 9.85. The lowest BCUT2D eigenvalue weighted by Gasteiger charge is -2.34. The third-order valence-electron chi connectivity index (χ3n) is 3.57. The van der Waals surface area contributed by atoms with Gasteiger partial charge < -0.3 is 24.8 Å². The Morgan fingerprint density at radius 2 is 2.14 bits per heavy atom. The Morgan fingerprint density at radius 3 is 2.76 bits per heavy atom. The number of morpholine rings is 1. The Morgan fingerprint density at radius 1 is 1.38 bits per heavy atom. The zero-order valence-electron chi connectivity index (χ0n) is 11.7. The van der Waals surface area contributed by atoms with Gasteiger partial charge in [0.05, 0.1) is 32.3 Å². The van der Waals surface area contributed by atoms with E-state index in [1.54, 1.807) is 12.2 Å². The number of rotatable bonds is 3. The standard InChI is InChI=1S/C13H18N2O6/c1-20-12(18)10-7-21-5-4-15(10)13(19)14-9-3-2-8(6-9)11(16)17/h2-3,8-10H,4-7H2,1H3,(H,14,19)(H,16,17). The van der Waals surface area contributed by atoms with E-state index in [-0.39, 0.29) is 19.2 Å². The fourth-order valence-electron chi connectivity index (χ4n) is 2.41. The van der Waals surface area contributed by atoms with Crippen molar-refractivity contribution in [2.45, 2.75) is 18.5 Å². The lowest BCUT2D eigenvalue weighted by Crippen LogP contribution is -2.57. The van der Waals surface area contributed by atoms with Crippen molar-refractivity contribution in [3.63, 3.8) is 0 Å². The molecule has 116 valence electrons. The maximum atomic E-state index is 12.2. The number of nitrogens with zero attached hydrogens (tertiary/aromatic N) is 1. The molecular weight excluding hydrogens is 280 g/mol. The highest BCUT2D eigenvalue weighted by Crippen LogP contribution is 2.18. The quantitative estimate of drug-likeness (QED) is 0.542. The zero-order valence-corrected chi connectivity index (χ0v) is 11.7. The number of nitrogens with one attached hydrogen (secondary N) is 1. The molecule has 8 nitrogen and oxygen atoms in total. The first kappa shape index (κ1) is 15.3. The van der Waals surface area contributed by atoms with Crippen LogP contribution < -0.4 is 5.32 Å². The summed E-state index contributed by atoms with van der Waals surface area (Å²) in [5.74, 6) is -2.03. The molecule has 0 radical (unpaired) electrons. The number of amides is 2. The molecule has 0 aromatic heterocycles. The second-order valence-electron chi connectivity index (χ2n) is 4.93. The third-order valence-corrected chi connectivity index (χ3v) is 3.57. The minimum absolute atomic E-state index is 0.0956. The monoisotopic (exact) mass is 298 g/mol. The fourth-order valence-corrected chi connectivity index (χ4v) is 2.41. The van der Waals surface area contributed by atoms with Crippen molar-refractivity contribution in [1.82, 2.24) is 10.2 Å². The molecule has 3 unspecified atom stereocenters. The van der Waals surface area contributed by atoms with Crippen molar-refractivity contribution >= 4 is 18.0 Å². The van der Waals surface area contributed by atoms with Crippen molar-refractivity contribution in [3.8, 4) is 0 Å². The molecule has 2 rings (SSSR count). The summed E-state index contributed by atoms with van der Waals surface area (Å²) in [6.07, 6.45) is 3.53. The van der Waals surface area contributed by atoms with Crippen LogP contribution >= 0.6 is 0 Å². The van der Waals surface area contributed by atoms with Gasteiger partial charge in [0.15, 0.2) is 6.04 Å². The Hall–Kier alpha value is -2.09. The van der Waals surface area contributed by atoms with Crippen LogP contribution in [0.4, 0.5) is 4.79 Å². The summed E-state index contributed by atoms with van der Waals surface area (Å²) in [5.41, 5.74) is 0. The first-order valence-corrected chi connectivity index (χ1v) is 6.66. The number of hydrogen-bond donors (Lipinski definition) is 2. The van der Waals surface area contributed by atoms with Gasteiger partial charge in [0, 0.05) is 6.54 Å². The van der Waals surface area contributed by atoms with E-state index >= 15 is 0 Å². The van der Waals surface area contributed by atoms with Crippen LogP contribution in [0.2, 0.25) is 0 Å².